The summed E-state index contributed by atoms with van der Waals surface area (Å²) in [6.45, 7) is 3.61. The van der Waals surface area contributed by atoms with Crippen LogP contribution in [-0.4, -0.2) is 62.6 Å². The second-order valence-electron chi connectivity index (χ2n) is 12.5. The van der Waals surface area contributed by atoms with Crippen molar-refractivity contribution in [2.24, 2.45) is 0 Å². The maximum atomic E-state index is 12.0. The van der Waals surface area contributed by atoms with Crippen LogP contribution in [0.1, 0.15) is 61.8 Å². The van der Waals surface area contributed by atoms with E-state index in [1.807, 2.05) is 105 Å². The van der Waals surface area contributed by atoms with Gasteiger partial charge in [0.15, 0.2) is 0 Å². The van der Waals surface area contributed by atoms with Crippen molar-refractivity contribution >= 4 is 43.8 Å². The average molecular weight is 824 g/mol. The lowest BCUT2D eigenvalue weighted by molar-refractivity contribution is -0.143. The van der Waals surface area contributed by atoms with E-state index in [4.69, 9.17) is 9.47 Å². The molecule has 0 aromatic heterocycles. The summed E-state index contributed by atoms with van der Waals surface area (Å²) < 4.78 is 11.6. The molecule has 8 nitrogen and oxygen atoms in total. The third kappa shape index (κ3) is 7.37. The number of aliphatic hydroxyl groups is 1. The molecule has 0 amide bonds. The molecule has 4 aliphatic rings. The SMILES string of the molecule is CBr.CBr.CC1(C(=O)O)c2ccccc2Oc2ccccc21.CCC1(C(=O)O)c2ccccc2Oc2ccccc21.CN1[C@@H]2CC=C[C@@]1(O)CC2. The minimum Gasteiger partial charge on any atom is -0.480 e. The molecule has 8 rings (SSSR count). The minimum absolute atomic E-state index is 0.486. The van der Waals surface area contributed by atoms with Gasteiger partial charge in [0, 0.05) is 28.3 Å². The predicted molar refractivity (Wildman–Crippen MR) is 208 cm³/mol. The molecule has 10 heteroatoms. The van der Waals surface area contributed by atoms with Gasteiger partial charge in [0.1, 0.15) is 39.6 Å². The summed E-state index contributed by atoms with van der Waals surface area (Å²) in [7, 11) is 2.00. The first-order chi connectivity index (χ1) is 24.6. The summed E-state index contributed by atoms with van der Waals surface area (Å²) in [6, 6.07) is 29.9. The van der Waals surface area contributed by atoms with Gasteiger partial charge in [0.25, 0.3) is 0 Å². The van der Waals surface area contributed by atoms with Crippen molar-refractivity contribution in [3.05, 3.63) is 131 Å². The number of alkyl halides is 2. The highest BCUT2D eigenvalue weighted by Crippen LogP contribution is 2.50. The molecule has 0 aliphatic carbocycles. The first-order valence-electron chi connectivity index (χ1n) is 16.7. The first-order valence-corrected chi connectivity index (χ1v) is 19.8. The van der Waals surface area contributed by atoms with Crippen LogP contribution in [0.15, 0.2) is 109 Å². The Hall–Kier alpha value is -3.96. The van der Waals surface area contributed by atoms with Crippen molar-refractivity contribution in [2.75, 3.05) is 18.7 Å². The van der Waals surface area contributed by atoms with Crippen LogP contribution in [-0.2, 0) is 20.4 Å². The van der Waals surface area contributed by atoms with Crippen LogP contribution in [0.4, 0.5) is 0 Å². The number of fused-ring (bicyclic) bond motifs is 6. The zero-order chi connectivity index (χ0) is 37.4. The van der Waals surface area contributed by atoms with Crippen molar-refractivity contribution in [2.45, 2.75) is 62.1 Å². The number of hydrogen-bond acceptors (Lipinski definition) is 6. The van der Waals surface area contributed by atoms with E-state index in [2.05, 4.69) is 42.8 Å². The van der Waals surface area contributed by atoms with Crippen LogP contribution in [0.5, 0.6) is 23.0 Å². The van der Waals surface area contributed by atoms with Gasteiger partial charge in [-0.15, -0.1) is 0 Å². The average Bonchev–Trinajstić information content (AvgIpc) is 3.30. The van der Waals surface area contributed by atoms with Crippen molar-refractivity contribution in [1.29, 1.82) is 0 Å². The molecule has 3 N–H and O–H groups in total. The number of rotatable bonds is 3. The van der Waals surface area contributed by atoms with E-state index in [0.29, 0.717) is 46.6 Å². The largest absolute Gasteiger partial charge is 0.480 e. The van der Waals surface area contributed by atoms with Crippen molar-refractivity contribution in [3.8, 4) is 23.0 Å². The molecule has 0 unspecified atom stereocenters. The van der Waals surface area contributed by atoms with Crippen LogP contribution < -0.4 is 9.47 Å². The summed E-state index contributed by atoms with van der Waals surface area (Å²) in [6.07, 6.45) is 7.66. The summed E-state index contributed by atoms with van der Waals surface area (Å²) in [5.41, 5.74) is 0.152. The highest BCUT2D eigenvalue weighted by atomic mass is 79.9. The first kappa shape index (κ1) is 39.8. The number of aliphatic carboxylic acids is 2. The van der Waals surface area contributed by atoms with Gasteiger partial charge in [-0.05, 0) is 81.7 Å². The molecule has 2 bridgehead atoms. The number of benzene rings is 4. The number of nitrogens with zero attached hydrogens (tertiary/aromatic N) is 1. The Morgan fingerprint density at radius 2 is 1.12 bits per heavy atom. The quantitative estimate of drug-likeness (QED) is 0.138. The zero-order valence-corrected chi connectivity index (χ0v) is 32.6. The van der Waals surface area contributed by atoms with Gasteiger partial charge in [0.05, 0.1) is 0 Å². The standard InChI is InChI=1S/C16H14O3.C15H12O3.C8H13NO.2CH3Br/c1-2-16(15(17)18)11-7-3-5-9-13(11)19-14-10-6-4-8-12(14)16;1-15(14(16)17)10-6-2-4-8-12(10)18-13-9-5-3-7-11(13)15;1-9-7-3-2-5-8(9,10)6-4-7;2*1-2/h3-10H,2H2,1H3,(H,17,18);2-9H,1H3,(H,16,17);2,5,7,10H,3-4,6H2,1H3;2*1H3/t;;7-,8-;;/m..1../s1. The summed E-state index contributed by atoms with van der Waals surface area (Å²) >= 11 is 5.88. The Bertz CT molecular complexity index is 1770. The van der Waals surface area contributed by atoms with Gasteiger partial charge in [-0.1, -0.05) is 118 Å². The minimum atomic E-state index is -1.06. The van der Waals surface area contributed by atoms with Gasteiger partial charge in [-0.25, -0.2) is 0 Å². The van der Waals surface area contributed by atoms with Crippen LogP contribution in [0, 0.1) is 0 Å². The smallest absolute Gasteiger partial charge is 0.318 e. The van der Waals surface area contributed by atoms with Gasteiger partial charge in [-0.2, -0.15) is 0 Å². The van der Waals surface area contributed by atoms with Crippen LogP contribution in [0.3, 0.4) is 0 Å². The van der Waals surface area contributed by atoms with Crippen molar-refractivity contribution in [1.82, 2.24) is 4.90 Å². The van der Waals surface area contributed by atoms with Crippen molar-refractivity contribution in [3.63, 3.8) is 0 Å². The lowest BCUT2D eigenvalue weighted by Gasteiger charge is -2.36. The molecule has 4 aromatic carbocycles. The van der Waals surface area contributed by atoms with E-state index in [1.165, 1.54) is 0 Å². The molecular formula is C41H45Br2NO7. The fraction of sp³-hybridized carbons (Fsp3) is 0.317. The molecule has 0 radical (unpaired) electrons. The number of halogens is 2. The van der Waals surface area contributed by atoms with Gasteiger partial charge in [0.2, 0.25) is 0 Å². The molecule has 270 valence electrons. The molecule has 4 heterocycles. The van der Waals surface area contributed by atoms with E-state index in [1.54, 1.807) is 31.2 Å². The molecule has 51 heavy (non-hydrogen) atoms. The monoisotopic (exact) mass is 821 g/mol. The Kier molecular flexibility index (Phi) is 13.3. The normalized spacial score (nSPS) is 20.3. The summed E-state index contributed by atoms with van der Waals surface area (Å²) in [4.78, 5) is 25.8. The summed E-state index contributed by atoms with van der Waals surface area (Å²) in [5.74, 6) is 4.40. The third-order valence-corrected chi connectivity index (χ3v) is 10.1. The van der Waals surface area contributed by atoms with E-state index >= 15 is 0 Å². The molecule has 1 saturated heterocycles. The topological polar surface area (TPSA) is 117 Å². The highest BCUT2D eigenvalue weighted by molar-refractivity contribution is 9.09. The van der Waals surface area contributed by atoms with E-state index in [0.717, 1.165) is 30.4 Å². The number of ether oxygens (including phenoxy) is 2. The number of likely N-dealkylation sites (N-methyl/N-ethyl adjacent to an activating group) is 1. The van der Waals surface area contributed by atoms with E-state index in [-0.39, 0.29) is 0 Å². The number of carboxylic acid groups (broad SMARTS) is 2. The molecule has 0 spiro atoms. The van der Waals surface area contributed by atoms with Crippen LogP contribution >= 0.6 is 31.9 Å². The van der Waals surface area contributed by atoms with Gasteiger partial charge >= 0.3 is 11.9 Å². The van der Waals surface area contributed by atoms with Crippen LogP contribution in [0.25, 0.3) is 0 Å². The number of carbonyl (C=O) groups is 2. The molecule has 2 atom stereocenters. The highest BCUT2D eigenvalue weighted by Gasteiger charge is 2.47. The lowest BCUT2D eigenvalue weighted by Crippen LogP contribution is -2.44. The fourth-order valence-electron chi connectivity index (χ4n) is 7.23. The molecule has 0 saturated carbocycles. The third-order valence-electron chi connectivity index (χ3n) is 10.1. The second kappa shape index (κ2) is 17.0. The van der Waals surface area contributed by atoms with E-state index in [9.17, 15) is 24.9 Å². The predicted octanol–water partition coefficient (Wildman–Crippen LogP) is 9.51. The Morgan fingerprint density at radius 1 is 0.725 bits per heavy atom. The van der Waals surface area contributed by atoms with Crippen LogP contribution in [0.2, 0.25) is 0 Å². The molecule has 4 aromatic rings. The summed E-state index contributed by atoms with van der Waals surface area (Å²) in [5, 5.41) is 29.3. The fourth-order valence-corrected chi connectivity index (χ4v) is 7.23. The maximum Gasteiger partial charge on any atom is 0.318 e. The molecular weight excluding hydrogens is 778 g/mol. The number of para-hydroxylation sites is 4. The molecule has 4 aliphatic heterocycles. The maximum absolute atomic E-state index is 12.0. The Labute approximate surface area is 317 Å². The number of carboxylic acids is 2. The van der Waals surface area contributed by atoms with Gasteiger partial charge in [-0.3, -0.25) is 14.5 Å². The van der Waals surface area contributed by atoms with Crippen molar-refractivity contribution < 1.29 is 34.4 Å². The lowest BCUT2D eigenvalue weighted by atomic mass is 9.70. The zero-order valence-electron chi connectivity index (χ0n) is 29.5. The Morgan fingerprint density at radius 3 is 1.47 bits per heavy atom. The second-order valence-corrected chi connectivity index (χ2v) is 12.5. The van der Waals surface area contributed by atoms with E-state index < -0.39 is 28.5 Å². The molecule has 1 fully saturated rings. The Balaban J connectivity index is 0.000000170. The number of hydrogen-bond donors (Lipinski definition) is 3. The van der Waals surface area contributed by atoms with Gasteiger partial charge < -0.3 is 24.8 Å².